The largest absolute Gasteiger partial charge is 0.486 e. The highest BCUT2D eigenvalue weighted by Crippen LogP contribution is 2.25. The van der Waals surface area contributed by atoms with Crippen molar-refractivity contribution in [3.63, 3.8) is 0 Å². The van der Waals surface area contributed by atoms with E-state index in [1.165, 1.54) is 0 Å². The zero-order valence-corrected chi connectivity index (χ0v) is 20.4. The number of para-hydroxylation sites is 2. The molecule has 1 amide bonds. The summed E-state index contributed by atoms with van der Waals surface area (Å²) >= 11 is 0. The first-order valence-electron chi connectivity index (χ1n) is 11.8. The first kappa shape index (κ1) is 25.4. The fraction of sp³-hybridized carbons (Fsp3) is 0.481. The van der Waals surface area contributed by atoms with Gasteiger partial charge >= 0.3 is 12.1 Å². The molecule has 3 rings (SSSR count). The predicted octanol–water partition coefficient (Wildman–Crippen LogP) is 5.28. The maximum atomic E-state index is 13.0. The van der Waals surface area contributed by atoms with E-state index in [1.54, 1.807) is 27.7 Å². The standard InChI is InChI=1S/C27H35NO6/c1-19-24(33-21-15-9-6-10-16-21)23(32-20-13-7-5-8-14-20)18-12-11-17-22(25(29)31-19)28-26(30)34-27(2,3)4/h5-10,13-16,19,22-24H,11-12,17-18H2,1-4H3,(H,28,30)/t19-,22-,23-,24-/m0/s1. The molecular weight excluding hydrogens is 434 g/mol. The van der Waals surface area contributed by atoms with E-state index in [4.69, 9.17) is 18.9 Å². The number of carbonyl (C=O) groups excluding carboxylic acids is 2. The van der Waals surface area contributed by atoms with Crippen molar-refractivity contribution in [3.8, 4) is 11.5 Å². The molecule has 1 heterocycles. The van der Waals surface area contributed by atoms with E-state index in [0.29, 0.717) is 25.0 Å². The van der Waals surface area contributed by atoms with Gasteiger partial charge in [0.2, 0.25) is 0 Å². The minimum atomic E-state index is -0.790. The van der Waals surface area contributed by atoms with Crippen molar-refractivity contribution < 1.29 is 28.5 Å². The smallest absolute Gasteiger partial charge is 0.408 e. The van der Waals surface area contributed by atoms with Crippen molar-refractivity contribution in [2.24, 2.45) is 0 Å². The summed E-state index contributed by atoms with van der Waals surface area (Å²) in [6, 6.07) is 18.2. The molecule has 1 aliphatic rings. The Morgan fingerprint density at radius 2 is 1.47 bits per heavy atom. The SMILES string of the molecule is C[C@@H]1OC(=O)[C@@H](NC(=O)OC(C)(C)C)CCCC[C@H](Oc2ccccc2)[C@H]1Oc1ccccc1. The van der Waals surface area contributed by atoms with Crippen LogP contribution in [0.3, 0.4) is 0 Å². The molecule has 4 atom stereocenters. The van der Waals surface area contributed by atoms with Crippen molar-refractivity contribution >= 4 is 12.1 Å². The summed E-state index contributed by atoms with van der Waals surface area (Å²) in [6.45, 7) is 7.12. The first-order chi connectivity index (χ1) is 16.2. The second-order valence-electron chi connectivity index (χ2n) is 9.49. The van der Waals surface area contributed by atoms with Gasteiger partial charge in [-0.25, -0.2) is 9.59 Å². The van der Waals surface area contributed by atoms with Gasteiger partial charge in [-0.15, -0.1) is 0 Å². The molecule has 1 N–H and O–H groups in total. The molecule has 7 heteroatoms. The quantitative estimate of drug-likeness (QED) is 0.600. The van der Waals surface area contributed by atoms with Gasteiger partial charge in [-0.3, -0.25) is 0 Å². The molecule has 7 nitrogen and oxygen atoms in total. The van der Waals surface area contributed by atoms with Crippen LogP contribution in [0.25, 0.3) is 0 Å². The third kappa shape index (κ3) is 7.97. The molecule has 0 radical (unpaired) electrons. The zero-order chi connectivity index (χ0) is 24.6. The van der Waals surface area contributed by atoms with Crippen LogP contribution < -0.4 is 14.8 Å². The van der Waals surface area contributed by atoms with Crippen molar-refractivity contribution in [3.05, 3.63) is 60.7 Å². The molecule has 0 unspecified atom stereocenters. The summed E-state index contributed by atoms with van der Waals surface area (Å²) in [7, 11) is 0. The van der Waals surface area contributed by atoms with Gasteiger partial charge in [-0.2, -0.15) is 0 Å². The number of carbonyl (C=O) groups is 2. The monoisotopic (exact) mass is 469 g/mol. The number of benzene rings is 2. The van der Waals surface area contributed by atoms with E-state index in [1.807, 2.05) is 60.7 Å². The lowest BCUT2D eigenvalue weighted by atomic mass is 9.98. The Kier molecular flexibility index (Phi) is 8.79. The lowest BCUT2D eigenvalue weighted by Gasteiger charge is -2.34. The van der Waals surface area contributed by atoms with Crippen LogP contribution in [-0.4, -0.2) is 42.0 Å². The van der Waals surface area contributed by atoms with Crippen LogP contribution in [0.15, 0.2) is 60.7 Å². The molecule has 1 fully saturated rings. The molecule has 0 saturated carbocycles. The van der Waals surface area contributed by atoms with Crippen LogP contribution >= 0.6 is 0 Å². The van der Waals surface area contributed by atoms with Gasteiger partial charge in [0.25, 0.3) is 0 Å². The second-order valence-corrected chi connectivity index (χ2v) is 9.49. The Hall–Kier alpha value is -3.22. The van der Waals surface area contributed by atoms with E-state index in [-0.39, 0.29) is 6.10 Å². The van der Waals surface area contributed by atoms with Gasteiger partial charge in [-0.1, -0.05) is 42.8 Å². The highest BCUT2D eigenvalue weighted by atomic mass is 16.6. The topological polar surface area (TPSA) is 83.1 Å². The van der Waals surface area contributed by atoms with Gasteiger partial charge in [-0.05, 0) is 71.2 Å². The molecule has 0 aromatic heterocycles. The van der Waals surface area contributed by atoms with Gasteiger partial charge in [0.15, 0.2) is 6.10 Å². The number of nitrogens with one attached hydrogen (secondary N) is 1. The van der Waals surface area contributed by atoms with E-state index in [9.17, 15) is 9.59 Å². The number of hydrogen-bond donors (Lipinski definition) is 1. The zero-order valence-electron chi connectivity index (χ0n) is 20.4. The summed E-state index contributed by atoms with van der Waals surface area (Å²) in [4.78, 5) is 25.3. The fourth-order valence-electron chi connectivity index (χ4n) is 3.82. The maximum absolute atomic E-state index is 13.0. The summed E-state index contributed by atoms with van der Waals surface area (Å²) in [6.07, 6.45) is 0.507. The number of esters is 1. The van der Waals surface area contributed by atoms with Gasteiger partial charge in [0.1, 0.15) is 35.3 Å². The Labute approximate surface area is 201 Å². The maximum Gasteiger partial charge on any atom is 0.408 e. The predicted molar refractivity (Wildman–Crippen MR) is 129 cm³/mol. The molecule has 1 aliphatic heterocycles. The van der Waals surface area contributed by atoms with Crippen LogP contribution in [-0.2, 0) is 14.3 Å². The average molecular weight is 470 g/mol. The average Bonchev–Trinajstić information content (AvgIpc) is 2.78. The number of cyclic esters (lactones) is 1. The lowest BCUT2D eigenvalue weighted by molar-refractivity contribution is -0.159. The summed E-state index contributed by atoms with van der Waals surface area (Å²) < 4.78 is 23.8. The number of amides is 1. The van der Waals surface area contributed by atoms with Crippen molar-refractivity contribution in [2.75, 3.05) is 0 Å². The molecule has 34 heavy (non-hydrogen) atoms. The minimum Gasteiger partial charge on any atom is -0.486 e. The van der Waals surface area contributed by atoms with Gasteiger partial charge < -0.3 is 24.3 Å². The Morgan fingerprint density at radius 3 is 2.06 bits per heavy atom. The third-order valence-electron chi connectivity index (χ3n) is 5.38. The Balaban J connectivity index is 1.78. The summed E-state index contributed by atoms with van der Waals surface area (Å²) in [5.74, 6) is 0.882. The number of alkyl carbamates (subject to hydrolysis) is 1. The molecule has 184 valence electrons. The number of rotatable bonds is 5. The van der Waals surface area contributed by atoms with Gasteiger partial charge in [0.05, 0.1) is 0 Å². The van der Waals surface area contributed by atoms with Crippen LogP contribution in [0.4, 0.5) is 4.79 Å². The van der Waals surface area contributed by atoms with Crippen molar-refractivity contribution in [2.45, 2.75) is 83.3 Å². The highest BCUT2D eigenvalue weighted by molar-refractivity contribution is 5.81. The van der Waals surface area contributed by atoms with Crippen LogP contribution in [0.1, 0.15) is 53.4 Å². The molecule has 0 aliphatic carbocycles. The summed E-state index contributed by atoms with van der Waals surface area (Å²) in [5.41, 5.74) is -0.659. The van der Waals surface area contributed by atoms with Crippen LogP contribution in [0.2, 0.25) is 0 Å². The normalized spacial score (nSPS) is 23.8. The molecule has 2 aromatic carbocycles. The second kappa shape index (κ2) is 11.8. The molecule has 2 aromatic rings. The molecule has 0 bridgehead atoms. The third-order valence-corrected chi connectivity index (χ3v) is 5.38. The van der Waals surface area contributed by atoms with E-state index in [0.717, 1.165) is 12.2 Å². The Bertz CT molecular complexity index is 912. The minimum absolute atomic E-state index is 0.333. The van der Waals surface area contributed by atoms with Crippen LogP contribution in [0.5, 0.6) is 11.5 Å². The van der Waals surface area contributed by atoms with Gasteiger partial charge in [0, 0.05) is 0 Å². The highest BCUT2D eigenvalue weighted by Gasteiger charge is 2.36. The molecule has 1 saturated heterocycles. The first-order valence-corrected chi connectivity index (χ1v) is 11.8. The van der Waals surface area contributed by atoms with E-state index in [2.05, 4.69) is 5.32 Å². The Morgan fingerprint density at radius 1 is 0.912 bits per heavy atom. The van der Waals surface area contributed by atoms with E-state index >= 15 is 0 Å². The van der Waals surface area contributed by atoms with Crippen LogP contribution in [0, 0.1) is 0 Å². The summed E-state index contributed by atoms with van der Waals surface area (Å²) in [5, 5.41) is 2.67. The lowest BCUT2D eigenvalue weighted by Crippen LogP contribution is -2.50. The molecule has 0 spiro atoms. The number of ether oxygens (including phenoxy) is 4. The van der Waals surface area contributed by atoms with E-state index < -0.39 is 35.9 Å². The number of hydrogen-bond acceptors (Lipinski definition) is 6. The molecular formula is C27H35NO6. The van der Waals surface area contributed by atoms with Crippen molar-refractivity contribution in [1.29, 1.82) is 0 Å². The van der Waals surface area contributed by atoms with Crippen molar-refractivity contribution in [1.82, 2.24) is 5.32 Å². The fourth-order valence-corrected chi connectivity index (χ4v) is 3.82.